The van der Waals surface area contributed by atoms with Crippen LogP contribution in [0.2, 0.25) is 0 Å². The average molecular weight is 396 g/mol. The van der Waals surface area contributed by atoms with Gasteiger partial charge in [-0.15, -0.1) is 11.3 Å². The number of thioether (sulfide) groups is 1. The molecule has 7 nitrogen and oxygen atoms in total. The van der Waals surface area contributed by atoms with Crippen LogP contribution in [-0.4, -0.2) is 50.7 Å². The molecule has 4 rings (SSSR count). The van der Waals surface area contributed by atoms with Crippen molar-refractivity contribution in [3.05, 3.63) is 21.7 Å². The molecule has 0 bridgehead atoms. The summed E-state index contributed by atoms with van der Waals surface area (Å²) < 4.78 is 0.790. The maximum atomic E-state index is 12.4. The third-order valence-corrected chi connectivity index (χ3v) is 7.67. The zero-order valence-electron chi connectivity index (χ0n) is 14.5. The molecule has 3 aliphatic rings. The number of carboxylic acids is 1. The number of aliphatic carboxylic acids is 1. The summed E-state index contributed by atoms with van der Waals surface area (Å²) >= 11 is 2.84. The third-order valence-electron chi connectivity index (χ3n) is 5.43. The lowest BCUT2D eigenvalue weighted by atomic mass is 9.79. The van der Waals surface area contributed by atoms with Gasteiger partial charge in [-0.25, -0.2) is 9.78 Å². The second-order valence-electron chi connectivity index (χ2n) is 7.06. The highest BCUT2D eigenvalue weighted by atomic mass is 32.2. The highest BCUT2D eigenvalue weighted by Crippen LogP contribution is 2.52. The average Bonchev–Trinajstić information content (AvgIpc) is 3.28. The Morgan fingerprint density at radius 1 is 1.54 bits per heavy atom. The number of nitrogens with zero attached hydrogens (tertiary/aromatic N) is 2. The maximum absolute atomic E-state index is 12.4. The van der Waals surface area contributed by atoms with Crippen LogP contribution in [0.25, 0.3) is 0 Å². The predicted molar refractivity (Wildman–Crippen MR) is 97.6 cm³/mol. The fraction of sp³-hybridized carbons (Fsp3) is 0.588. The van der Waals surface area contributed by atoms with Crippen molar-refractivity contribution in [3.63, 3.8) is 0 Å². The van der Waals surface area contributed by atoms with Gasteiger partial charge in [0.25, 0.3) is 0 Å². The molecule has 3 aliphatic heterocycles. The van der Waals surface area contributed by atoms with E-state index in [0.29, 0.717) is 4.91 Å². The van der Waals surface area contributed by atoms with Gasteiger partial charge in [0.15, 0.2) is 4.34 Å². The van der Waals surface area contributed by atoms with Crippen LogP contribution in [0.1, 0.15) is 38.4 Å². The number of β-lactam (4-membered cyclic amide) rings is 1. The fourth-order valence-electron chi connectivity index (χ4n) is 4.16. The van der Waals surface area contributed by atoms with Gasteiger partial charge in [0.05, 0.1) is 29.8 Å². The highest BCUT2D eigenvalue weighted by Gasteiger charge is 2.60. The Hall–Kier alpha value is -1.42. The molecular weight excluding hydrogens is 374 g/mol. The van der Waals surface area contributed by atoms with E-state index in [1.54, 1.807) is 6.92 Å². The first-order valence-electron chi connectivity index (χ1n) is 8.75. The number of hydrogen-bond donors (Lipinski definition) is 3. The molecule has 1 aromatic heterocycles. The lowest BCUT2D eigenvalue weighted by Gasteiger charge is -2.46. The number of amides is 1. The van der Waals surface area contributed by atoms with E-state index in [2.05, 4.69) is 10.3 Å². The van der Waals surface area contributed by atoms with E-state index in [-0.39, 0.29) is 29.6 Å². The van der Waals surface area contributed by atoms with Crippen LogP contribution in [0.15, 0.2) is 20.3 Å². The first-order chi connectivity index (χ1) is 12.4. The maximum Gasteiger partial charge on any atom is 0.353 e. The molecule has 2 fully saturated rings. The Morgan fingerprint density at radius 2 is 2.31 bits per heavy atom. The van der Waals surface area contributed by atoms with Crippen LogP contribution in [0.5, 0.6) is 0 Å². The summed E-state index contributed by atoms with van der Waals surface area (Å²) in [5, 5.41) is 25.0. The van der Waals surface area contributed by atoms with Gasteiger partial charge in [-0.1, -0.05) is 18.7 Å². The lowest BCUT2D eigenvalue weighted by molar-refractivity contribution is -0.163. The Kier molecular flexibility index (Phi) is 4.58. The molecule has 26 heavy (non-hydrogen) atoms. The van der Waals surface area contributed by atoms with Crippen LogP contribution >= 0.6 is 23.1 Å². The second-order valence-corrected chi connectivity index (χ2v) is 9.21. The SMILES string of the molecule is C[C@@H](O)[C@H]1C(=O)N2C(C(=O)O)=C(Sc3nc([C@@H]4CCCN4)cs3)[C@H](C)[C@H]12. The van der Waals surface area contributed by atoms with E-state index >= 15 is 0 Å². The molecule has 5 atom stereocenters. The Labute approximate surface area is 159 Å². The summed E-state index contributed by atoms with van der Waals surface area (Å²) in [5.74, 6) is -2.08. The summed E-state index contributed by atoms with van der Waals surface area (Å²) in [4.78, 5) is 30.8. The number of rotatable bonds is 5. The molecule has 4 heterocycles. The summed E-state index contributed by atoms with van der Waals surface area (Å²) in [6.45, 7) is 4.50. The largest absolute Gasteiger partial charge is 0.477 e. The molecule has 2 saturated heterocycles. The van der Waals surface area contributed by atoms with E-state index < -0.39 is 18.0 Å². The number of aromatic nitrogens is 1. The molecule has 1 amide bonds. The van der Waals surface area contributed by atoms with Crippen LogP contribution < -0.4 is 5.32 Å². The van der Waals surface area contributed by atoms with E-state index in [1.807, 2.05) is 12.3 Å². The minimum Gasteiger partial charge on any atom is -0.477 e. The van der Waals surface area contributed by atoms with Crippen molar-refractivity contribution >= 4 is 35.0 Å². The second kappa shape index (κ2) is 6.63. The molecular formula is C17H21N3O4S2. The Morgan fingerprint density at radius 3 is 2.92 bits per heavy atom. The number of fused-ring (bicyclic) bond motifs is 1. The monoisotopic (exact) mass is 395 g/mol. The Balaban J connectivity index is 1.61. The van der Waals surface area contributed by atoms with Crippen molar-refractivity contribution in [2.75, 3.05) is 6.54 Å². The number of aliphatic hydroxyl groups is 1. The first-order valence-corrected chi connectivity index (χ1v) is 10.4. The van der Waals surface area contributed by atoms with Crippen molar-refractivity contribution in [2.24, 2.45) is 11.8 Å². The molecule has 0 unspecified atom stereocenters. The fourth-order valence-corrected chi connectivity index (χ4v) is 6.31. The number of hydrogen-bond acceptors (Lipinski definition) is 7. The number of aliphatic hydroxyl groups excluding tert-OH is 1. The van der Waals surface area contributed by atoms with Gasteiger partial charge in [0.2, 0.25) is 5.91 Å². The van der Waals surface area contributed by atoms with E-state index in [1.165, 1.54) is 28.0 Å². The van der Waals surface area contributed by atoms with E-state index in [4.69, 9.17) is 0 Å². The van der Waals surface area contributed by atoms with Crippen molar-refractivity contribution in [3.8, 4) is 0 Å². The molecule has 0 saturated carbocycles. The van der Waals surface area contributed by atoms with Gasteiger partial charge in [-0.2, -0.15) is 0 Å². The predicted octanol–water partition coefficient (Wildman–Crippen LogP) is 1.81. The molecule has 0 aliphatic carbocycles. The van der Waals surface area contributed by atoms with Gasteiger partial charge in [-0.3, -0.25) is 4.79 Å². The van der Waals surface area contributed by atoms with Crippen LogP contribution in [-0.2, 0) is 9.59 Å². The van der Waals surface area contributed by atoms with Gasteiger partial charge in [0, 0.05) is 16.2 Å². The van der Waals surface area contributed by atoms with Crippen molar-refractivity contribution in [2.45, 2.75) is 49.2 Å². The quantitative estimate of drug-likeness (QED) is 0.654. The normalized spacial score (nSPS) is 32.0. The van der Waals surface area contributed by atoms with Gasteiger partial charge < -0.3 is 20.4 Å². The van der Waals surface area contributed by atoms with Gasteiger partial charge in [0.1, 0.15) is 5.70 Å². The number of nitrogens with one attached hydrogen (secondary N) is 1. The molecule has 9 heteroatoms. The number of thiazole rings is 1. The van der Waals surface area contributed by atoms with Crippen molar-refractivity contribution in [1.29, 1.82) is 0 Å². The molecule has 0 radical (unpaired) electrons. The summed E-state index contributed by atoms with van der Waals surface area (Å²) in [6.07, 6.45) is 1.41. The molecule has 140 valence electrons. The third kappa shape index (κ3) is 2.69. The summed E-state index contributed by atoms with van der Waals surface area (Å²) in [7, 11) is 0. The zero-order valence-corrected chi connectivity index (χ0v) is 16.1. The zero-order chi connectivity index (χ0) is 18.6. The standard InChI is InChI=1S/C17H21N3O4S2/c1-7-12-11(8(2)21)15(22)20(12)13(16(23)24)14(7)26-17-19-10(6-25-17)9-4-3-5-18-9/h6-9,11-12,18,21H,3-5H2,1-2H3,(H,23,24)/t7-,8-,9+,11-,12-/m1/s1. The molecule has 0 spiro atoms. The minimum atomic E-state index is -1.10. The number of carbonyl (C=O) groups excluding carboxylic acids is 1. The highest BCUT2D eigenvalue weighted by molar-refractivity contribution is 8.04. The first kappa shape index (κ1) is 18.0. The minimum absolute atomic E-state index is 0.0464. The molecule has 1 aromatic rings. The van der Waals surface area contributed by atoms with E-state index in [9.17, 15) is 19.8 Å². The van der Waals surface area contributed by atoms with E-state index in [0.717, 1.165) is 29.4 Å². The smallest absolute Gasteiger partial charge is 0.353 e. The number of carbonyl (C=O) groups is 2. The summed E-state index contributed by atoms with van der Waals surface area (Å²) in [5.41, 5.74) is 1.05. The van der Waals surface area contributed by atoms with Crippen LogP contribution in [0.3, 0.4) is 0 Å². The van der Waals surface area contributed by atoms with Gasteiger partial charge in [-0.05, 0) is 26.3 Å². The van der Waals surface area contributed by atoms with Crippen LogP contribution in [0.4, 0.5) is 0 Å². The number of carboxylic acid groups (broad SMARTS) is 1. The van der Waals surface area contributed by atoms with Crippen molar-refractivity contribution < 1.29 is 19.8 Å². The van der Waals surface area contributed by atoms with Crippen molar-refractivity contribution in [1.82, 2.24) is 15.2 Å². The molecule has 3 N–H and O–H groups in total. The van der Waals surface area contributed by atoms with Gasteiger partial charge >= 0.3 is 5.97 Å². The summed E-state index contributed by atoms with van der Waals surface area (Å²) in [6, 6.07) is -0.0114. The lowest BCUT2D eigenvalue weighted by Crippen LogP contribution is -2.63. The Bertz CT molecular complexity index is 785. The molecule has 0 aromatic carbocycles. The van der Waals surface area contributed by atoms with Crippen LogP contribution in [0, 0.1) is 11.8 Å². The topological polar surface area (TPSA) is 103 Å².